The largest absolute Gasteiger partial charge is 0.392 e. The Labute approximate surface area is 117 Å². The summed E-state index contributed by atoms with van der Waals surface area (Å²) in [6.45, 7) is 0.856. The fourth-order valence-corrected chi connectivity index (χ4v) is 2.62. The number of aromatic nitrogens is 3. The van der Waals surface area contributed by atoms with Crippen LogP contribution in [-0.2, 0) is 23.2 Å². The summed E-state index contributed by atoms with van der Waals surface area (Å²) in [6, 6.07) is 2.91. The van der Waals surface area contributed by atoms with Gasteiger partial charge in [-0.1, -0.05) is 6.07 Å². The van der Waals surface area contributed by atoms with Gasteiger partial charge >= 0.3 is 0 Å². The number of nitrogens with one attached hydrogen (secondary N) is 1. The van der Waals surface area contributed by atoms with Gasteiger partial charge in [0, 0.05) is 31.7 Å². The van der Waals surface area contributed by atoms with E-state index in [9.17, 15) is 8.42 Å². The molecule has 20 heavy (non-hydrogen) atoms. The predicted molar refractivity (Wildman–Crippen MR) is 72.2 cm³/mol. The summed E-state index contributed by atoms with van der Waals surface area (Å²) in [7, 11) is -3.59. The number of imidazole rings is 1. The highest BCUT2D eigenvalue weighted by atomic mass is 32.2. The molecular formula is C12H16N4O3S. The van der Waals surface area contributed by atoms with E-state index in [1.807, 2.05) is 10.8 Å². The molecule has 0 unspecified atom stereocenters. The molecule has 2 rings (SSSR count). The molecule has 2 aromatic rings. The van der Waals surface area contributed by atoms with Gasteiger partial charge < -0.3 is 9.67 Å². The normalized spacial score (nSPS) is 11.7. The van der Waals surface area contributed by atoms with Crippen molar-refractivity contribution < 1.29 is 13.5 Å². The maximum atomic E-state index is 11.9. The molecule has 0 radical (unpaired) electrons. The van der Waals surface area contributed by atoms with Gasteiger partial charge in [0.2, 0.25) is 0 Å². The zero-order chi connectivity index (χ0) is 14.4. The third-order valence-electron chi connectivity index (χ3n) is 2.70. The fraction of sp³-hybridized carbons (Fsp3) is 0.333. The second kappa shape index (κ2) is 6.60. The summed E-state index contributed by atoms with van der Waals surface area (Å²) in [4.78, 5) is 7.73. The SMILES string of the molecule is O=S(=O)(NCCCn1ccnc1)c1ccc(CO)cn1. The monoisotopic (exact) mass is 296 g/mol. The van der Waals surface area contributed by atoms with Crippen molar-refractivity contribution in [3.63, 3.8) is 0 Å². The van der Waals surface area contributed by atoms with Crippen LogP contribution in [0.2, 0.25) is 0 Å². The molecule has 2 aromatic heterocycles. The minimum Gasteiger partial charge on any atom is -0.392 e. The van der Waals surface area contributed by atoms with Gasteiger partial charge in [-0.15, -0.1) is 0 Å². The number of aliphatic hydroxyl groups excluding tert-OH is 1. The van der Waals surface area contributed by atoms with Crippen LogP contribution >= 0.6 is 0 Å². The number of aryl methyl sites for hydroxylation is 1. The molecule has 0 aliphatic rings. The Balaban J connectivity index is 1.86. The first-order valence-electron chi connectivity index (χ1n) is 6.13. The zero-order valence-electron chi connectivity index (χ0n) is 10.8. The van der Waals surface area contributed by atoms with Crippen molar-refractivity contribution >= 4 is 10.0 Å². The zero-order valence-corrected chi connectivity index (χ0v) is 11.6. The Kier molecular flexibility index (Phi) is 4.83. The molecule has 0 bridgehead atoms. The summed E-state index contributed by atoms with van der Waals surface area (Å²) >= 11 is 0. The summed E-state index contributed by atoms with van der Waals surface area (Å²) in [6.07, 6.45) is 7.19. The molecule has 0 saturated carbocycles. The Hall–Kier alpha value is -1.77. The van der Waals surface area contributed by atoms with Crippen molar-refractivity contribution in [2.75, 3.05) is 6.54 Å². The van der Waals surface area contributed by atoms with Gasteiger partial charge in [0.15, 0.2) is 5.03 Å². The van der Waals surface area contributed by atoms with E-state index in [0.717, 1.165) is 0 Å². The number of rotatable bonds is 7. The Morgan fingerprint density at radius 3 is 2.80 bits per heavy atom. The van der Waals surface area contributed by atoms with Gasteiger partial charge in [-0.3, -0.25) is 0 Å². The number of sulfonamides is 1. The van der Waals surface area contributed by atoms with Gasteiger partial charge in [0.05, 0.1) is 12.9 Å². The van der Waals surface area contributed by atoms with Crippen molar-refractivity contribution in [1.82, 2.24) is 19.3 Å². The summed E-state index contributed by atoms with van der Waals surface area (Å²) in [5.41, 5.74) is 0.573. The van der Waals surface area contributed by atoms with Crippen LogP contribution in [0.5, 0.6) is 0 Å². The molecule has 0 spiro atoms. The third kappa shape index (κ3) is 3.86. The van der Waals surface area contributed by atoms with Gasteiger partial charge in [0.25, 0.3) is 10.0 Å². The van der Waals surface area contributed by atoms with Crippen LogP contribution in [0.15, 0.2) is 42.1 Å². The highest BCUT2D eigenvalue weighted by molar-refractivity contribution is 7.89. The maximum Gasteiger partial charge on any atom is 0.258 e. The minimum atomic E-state index is -3.59. The molecule has 0 atom stereocenters. The number of pyridine rings is 1. The maximum absolute atomic E-state index is 11.9. The molecule has 108 valence electrons. The number of nitrogens with zero attached hydrogens (tertiary/aromatic N) is 3. The fourth-order valence-electron chi connectivity index (χ4n) is 1.62. The van der Waals surface area contributed by atoms with E-state index in [1.165, 1.54) is 18.3 Å². The first kappa shape index (κ1) is 14.6. The summed E-state index contributed by atoms with van der Waals surface area (Å²) in [5.74, 6) is 0. The van der Waals surface area contributed by atoms with Gasteiger partial charge in [-0.05, 0) is 18.1 Å². The summed E-state index contributed by atoms with van der Waals surface area (Å²) < 4.78 is 28.2. The molecule has 2 N–H and O–H groups in total. The molecule has 7 nitrogen and oxygen atoms in total. The molecule has 8 heteroatoms. The molecule has 0 aliphatic heterocycles. The van der Waals surface area contributed by atoms with Crippen molar-refractivity contribution in [3.8, 4) is 0 Å². The average Bonchev–Trinajstić information content (AvgIpc) is 2.97. The topological polar surface area (TPSA) is 97.1 Å². The second-order valence-electron chi connectivity index (χ2n) is 4.21. The Bertz CT molecular complexity index is 623. The molecule has 2 heterocycles. The Morgan fingerprint density at radius 1 is 1.35 bits per heavy atom. The molecule has 0 amide bonds. The van der Waals surface area contributed by atoms with Crippen LogP contribution in [-0.4, -0.2) is 34.6 Å². The lowest BCUT2D eigenvalue weighted by Crippen LogP contribution is -2.26. The van der Waals surface area contributed by atoms with Crippen molar-refractivity contribution in [2.24, 2.45) is 0 Å². The third-order valence-corrected chi connectivity index (χ3v) is 4.08. The first-order chi connectivity index (χ1) is 9.62. The smallest absolute Gasteiger partial charge is 0.258 e. The lowest BCUT2D eigenvalue weighted by Gasteiger charge is -2.06. The molecule has 0 fully saturated rings. The minimum absolute atomic E-state index is 0.0441. The van der Waals surface area contributed by atoms with Gasteiger partial charge in [-0.25, -0.2) is 23.1 Å². The highest BCUT2D eigenvalue weighted by Gasteiger charge is 2.14. The van der Waals surface area contributed by atoms with Gasteiger partial charge in [-0.2, -0.15) is 0 Å². The molecule has 0 aromatic carbocycles. The molecular weight excluding hydrogens is 280 g/mol. The quantitative estimate of drug-likeness (QED) is 0.708. The lowest BCUT2D eigenvalue weighted by molar-refractivity contribution is 0.281. The van der Waals surface area contributed by atoms with Crippen LogP contribution in [0.1, 0.15) is 12.0 Å². The standard InChI is InChI=1S/C12H16N4O3S/c17-9-11-2-3-12(14-8-11)20(18,19)15-4-1-6-16-7-5-13-10-16/h2-3,5,7-8,10,15,17H,1,4,6,9H2. The van der Waals surface area contributed by atoms with Crippen LogP contribution < -0.4 is 4.72 Å². The van der Waals surface area contributed by atoms with Crippen molar-refractivity contribution in [1.29, 1.82) is 0 Å². The number of aliphatic hydroxyl groups is 1. The van der Waals surface area contributed by atoms with E-state index in [-0.39, 0.29) is 11.6 Å². The van der Waals surface area contributed by atoms with Gasteiger partial charge in [0.1, 0.15) is 0 Å². The van der Waals surface area contributed by atoms with Crippen LogP contribution in [0.3, 0.4) is 0 Å². The van der Waals surface area contributed by atoms with Crippen LogP contribution in [0.25, 0.3) is 0 Å². The molecule has 0 aliphatic carbocycles. The lowest BCUT2D eigenvalue weighted by atomic mass is 10.3. The van der Waals surface area contributed by atoms with E-state index in [0.29, 0.717) is 25.1 Å². The molecule has 0 saturated heterocycles. The van der Waals surface area contributed by atoms with Crippen LogP contribution in [0.4, 0.5) is 0 Å². The highest BCUT2D eigenvalue weighted by Crippen LogP contribution is 2.06. The van der Waals surface area contributed by atoms with E-state index in [4.69, 9.17) is 5.11 Å². The predicted octanol–water partition coefficient (Wildman–Crippen LogP) is 0.139. The van der Waals surface area contributed by atoms with E-state index in [2.05, 4.69) is 14.7 Å². The summed E-state index contributed by atoms with van der Waals surface area (Å²) in [5, 5.41) is 8.84. The average molecular weight is 296 g/mol. The number of hydrogen-bond acceptors (Lipinski definition) is 5. The van der Waals surface area contributed by atoms with E-state index in [1.54, 1.807) is 12.5 Å². The van der Waals surface area contributed by atoms with Crippen LogP contribution in [0, 0.1) is 0 Å². The van der Waals surface area contributed by atoms with E-state index >= 15 is 0 Å². The first-order valence-corrected chi connectivity index (χ1v) is 7.61. The van der Waals surface area contributed by atoms with Crippen molar-refractivity contribution in [2.45, 2.75) is 24.6 Å². The number of hydrogen-bond donors (Lipinski definition) is 2. The van der Waals surface area contributed by atoms with Crippen molar-refractivity contribution in [3.05, 3.63) is 42.6 Å². The Morgan fingerprint density at radius 2 is 2.20 bits per heavy atom. The second-order valence-corrected chi connectivity index (χ2v) is 5.93. The van der Waals surface area contributed by atoms with E-state index < -0.39 is 10.0 Å².